The highest BCUT2D eigenvalue weighted by Gasteiger charge is 2.30. The van der Waals surface area contributed by atoms with Crippen LogP contribution in [0, 0.1) is 5.41 Å². The summed E-state index contributed by atoms with van der Waals surface area (Å²) in [6, 6.07) is 0. The van der Waals surface area contributed by atoms with Crippen molar-refractivity contribution in [1.82, 2.24) is 0 Å². The van der Waals surface area contributed by atoms with Crippen LogP contribution in [0.2, 0.25) is 0 Å². The predicted molar refractivity (Wildman–Crippen MR) is 55.7 cm³/mol. The Morgan fingerprint density at radius 1 is 1.46 bits per heavy atom. The third kappa shape index (κ3) is 4.44. The Balaban J connectivity index is 4.31. The summed E-state index contributed by atoms with van der Waals surface area (Å²) in [5.74, 6) is 0. The Labute approximate surface area is 81.6 Å². The van der Waals surface area contributed by atoms with Gasteiger partial charge in [-0.15, -0.1) is 6.58 Å². The van der Waals surface area contributed by atoms with Gasteiger partial charge in [-0.1, -0.05) is 26.8 Å². The molecule has 78 valence electrons. The van der Waals surface area contributed by atoms with Crippen LogP contribution in [0.25, 0.3) is 0 Å². The van der Waals surface area contributed by atoms with Crippen LogP contribution < -0.4 is 0 Å². The van der Waals surface area contributed by atoms with Crippen molar-refractivity contribution in [2.75, 3.05) is 6.61 Å². The zero-order chi connectivity index (χ0) is 10.5. The zero-order valence-corrected chi connectivity index (χ0v) is 9.21. The molecule has 0 aromatic heterocycles. The van der Waals surface area contributed by atoms with Crippen molar-refractivity contribution in [1.29, 1.82) is 0 Å². The second-order valence-electron chi connectivity index (χ2n) is 4.33. The molecule has 0 saturated heterocycles. The Bertz CT molecular complexity index is 147. The van der Waals surface area contributed by atoms with Gasteiger partial charge in [0.15, 0.2) is 0 Å². The Morgan fingerprint density at radius 3 is 2.31 bits per heavy atom. The molecular formula is C11H22O2. The van der Waals surface area contributed by atoms with E-state index < -0.39 is 6.10 Å². The largest absolute Gasteiger partial charge is 0.390 e. The first-order chi connectivity index (χ1) is 5.93. The molecule has 0 aromatic rings. The maximum atomic E-state index is 9.78. The fourth-order valence-corrected chi connectivity index (χ4v) is 1.41. The quantitative estimate of drug-likeness (QED) is 0.668. The lowest BCUT2D eigenvalue weighted by Crippen LogP contribution is -2.39. The molecular weight excluding hydrogens is 164 g/mol. The third-order valence-corrected chi connectivity index (χ3v) is 1.96. The molecule has 13 heavy (non-hydrogen) atoms. The molecule has 0 rings (SSSR count). The minimum Gasteiger partial charge on any atom is -0.390 e. The number of hydrogen-bond donors (Lipinski definition) is 1. The van der Waals surface area contributed by atoms with Crippen molar-refractivity contribution in [3.05, 3.63) is 12.7 Å². The topological polar surface area (TPSA) is 29.5 Å². The zero-order valence-electron chi connectivity index (χ0n) is 9.21. The standard InChI is InChI=1S/C11H22O2/c1-6-8-9(12)10(13-7-2)11(3,4)5/h6,9-10,12H,1,7-8H2,2-5H3. The summed E-state index contributed by atoms with van der Waals surface area (Å²) in [7, 11) is 0. The molecule has 0 aliphatic carbocycles. The van der Waals surface area contributed by atoms with Gasteiger partial charge in [0.1, 0.15) is 0 Å². The van der Waals surface area contributed by atoms with Crippen molar-refractivity contribution < 1.29 is 9.84 Å². The van der Waals surface area contributed by atoms with Crippen LogP contribution in [0.1, 0.15) is 34.1 Å². The highest BCUT2D eigenvalue weighted by molar-refractivity contribution is 4.85. The van der Waals surface area contributed by atoms with Gasteiger partial charge in [-0.2, -0.15) is 0 Å². The lowest BCUT2D eigenvalue weighted by atomic mass is 9.84. The molecule has 2 atom stereocenters. The second kappa shape index (κ2) is 5.40. The molecule has 0 radical (unpaired) electrons. The molecule has 0 aliphatic rings. The van der Waals surface area contributed by atoms with E-state index >= 15 is 0 Å². The Kier molecular flexibility index (Phi) is 5.26. The van der Waals surface area contributed by atoms with Crippen LogP contribution in [0.15, 0.2) is 12.7 Å². The van der Waals surface area contributed by atoms with Gasteiger partial charge in [0.05, 0.1) is 12.2 Å². The van der Waals surface area contributed by atoms with Gasteiger partial charge in [0.25, 0.3) is 0 Å². The van der Waals surface area contributed by atoms with Gasteiger partial charge >= 0.3 is 0 Å². The van der Waals surface area contributed by atoms with E-state index in [0.29, 0.717) is 13.0 Å². The van der Waals surface area contributed by atoms with Crippen molar-refractivity contribution in [2.24, 2.45) is 5.41 Å². The Morgan fingerprint density at radius 2 is 2.00 bits per heavy atom. The van der Waals surface area contributed by atoms with Crippen LogP contribution >= 0.6 is 0 Å². The maximum absolute atomic E-state index is 9.78. The lowest BCUT2D eigenvalue weighted by molar-refractivity contribution is -0.0864. The van der Waals surface area contributed by atoms with E-state index in [0.717, 1.165) is 0 Å². The van der Waals surface area contributed by atoms with Crippen molar-refractivity contribution in [3.8, 4) is 0 Å². The van der Waals surface area contributed by atoms with Gasteiger partial charge in [-0.3, -0.25) is 0 Å². The lowest BCUT2D eigenvalue weighted by Gasteiger charge is -2.33. The number of hydrogen-bond acceptors (Lipinski definition) is 2. The molecule has 0 saturated carbocycles. The molecule has 0 heterocycles. The van der Waals surface area contributed by atoms with E-state index in [2.05, 4.69) is 27.4 Å². The molecule has 0 aliphatic heterocycles. The molecule has 0 amide bonds. The molecule has 2 nitrogen and oxygen atoms in total. The van der Waals surface area contributed by atoms with Crippen LogP contribution in [0.5, 0.6) is 0 Å². The van der Waals surface area contributed by atoms with E-state index in [1.54, 1.807) is 6.08 Å². The summed E-state index contributed by atoms with van der Waals surface area (Å²) in [5, 5.41) is 9.78. The number of aliphatic hydroxyl groups excluding tert-OH is 1. The molecule has 0 fully saturated rings. The van der Waals surface area contributed by atoms with Crippen molar-refractivity contribution >= 4 is 0 Å². The summed E-state index contributed by atoms with van der Waals surface area (Å²) in [5.41, 5.74) is -0.0293. The minimum atomic E-state index is -0.447. The molecule has 1 N–H and O–H groups in total. The highest BCUT2D eigenvalue weighted by Crippen LogP contribution is 2.26. The van der Waals surface area contributed by atoms with E-state index in [4.69, 9.17) is 4.74 Å². The first kappa shape index (κ1) is 12.7. The highest BCUT2D eigenvalue weighted by atomic mass is 16.5. The molecule has 2 unspecified atom stereocenters. The van der Waals surface area contributed by atoms with E-state index in [-0.39, 0.29) is 11.5 Å². The average Bonchev–Trinajstić information content (AvgIpc) is 1.98. The fourth-order valence-electron chi connectivity index (χ4n) is 1.41. The third-order valence-electron chi connectivity index (χ3n) is 1.96. The number of rotatable bonds is 5. The van der Waals surface area contributed by atoms with E-state index in [9.17, 15) is 5.11 Å². The van der Waals surface area contributed by atoms with Gasteiger partial charge in [-0.25, -0.2) is 0 Å². The smallest absolute Gasteiger partial charge is 0.0884 e. The van der Waals surface area contributed by atoms with Gasteiger partial charge in [0, 0.05) is 6.61 Å². The summed E-state index contributed by atoms with van der Waals surface area (Å²) in [6.07, 6.45) is 1.75. The van der Waals surface area contributed by atoms with Gasteiger partial charge in [-0.05, 0) is 18.8 Å². The first-order valence-corrected chi connectivity index (χ1v) is 4.84. The normalized spacial score (nSPS) is 16.7. The average molecular weight is 186 g/mol. The number of aliphatic hydroxyl groups is 1. The molecule has 0 spiro atoms. The summed E-state index contributed by atoms with van der Waals surface area (Å²) < 4.78 is 5.52. The predicted octanol–water partition coefficient (Wildman–Crippen LogP) is 2.37. The van der Waals surface area contributed by atoms with Crippen LogP contribution in [-0.4, -0.2) is 23.9 Å². The first-order valence-electron chi connectivity index (χ1n) is 4.84. The number of ether oxygens (including phenoxy) is 1. The van der Waals surface area contributed by atoms with Crippen LogP contribution in [0.4, 0.5) is 0 Å². The molecule has 0 bridgehead atoms. The molecule has 0 aromatic carbocycles. The van der Waals surface area contributed by atoms with Crippen molar-refractivity contribution in [3.63, 3.8) is 0 Å². The fraction of sp³-hybridized carbons (Fsp3) is 0.818. The van der Waals surface area contributed by atoms with Crippen LogP contribution in [0.3, 0.4) is 0 Å². The molecule has 2 heteroatoms. The van der Waals surface area contributed by atoms with E-state index in [1.807, 2.05) is 6.92 Å². The Hall–Kier alpha value is -0.340. The van der Waals surface area contributed by atoms with E-state index in [1.165, 1.54) is 0 Å². The maximum Gasteiger partial charge on any atom is 0.0884 e. The van der Waals surface area contributed by atoms with Gasteiger partial charge in [0.2, 0.25) is 0 Å². The monoisotopic (exact) mass is 186 g/mol. The second-order valence-corrected chi connectivity index (χ2v) is 4.33. The SMILES string of the molecule is C=CCC(O)C(OCC)C(C)(C)C. The minimum absolute atomic E-state index is 0.0293. The van der Waals surface area contributed by atoms with Gasteiger partial charge < -0.3 is 9.84 Å². The van der Waals surface area contributed by atoms with Crippen molar-refractivity contribution in [2.45, 2.75) is 46.3 Å². The summed E-state index contributed by atoms with van der Waals surface area (Å²) in [4.78, 5) is 0. The van der Waals surface area contributed by atoms with Crippen LogP contribution in [-0.2, 0) is 4.74 Å². The summed E-state index contributed by atoms with van der Waals surface area (Å²) in [6.45, 7) is 12.4. The summed E-state index contributed by atoms with van der Waals surface area (Å²) >= 11 is 0.